The molecule has 0 spiro atoms. The third-order valence-corrected chi connectivity index (χ3v) is 4.95. The lowest BCUT2D eigenvalue weighted by Crippen LogP contribution is -2.26. The Morgan fingerprint density at radius 3 is 2.63 bits per heavy atom. The predicted octanol–water partition coefficient (Wildman–Crippen LogP) is 4.39. The Labute approximate surface area is 178 Å². The molecule has 0 aliphatic heterocycles. The van der Waals surface area contributed by atoms with Gasteiger partial charge in [-0.05, 0) is 48.9 Å². The van der Waals surface area contributed by atoms with Gasteiger partial charge in [-0.3, -0.25) is 4.79 Å². The largest absolute Gasteiger partial charge is 0.441 e. The molecule has 0 fully saturated rings. The maximum absolute atomic E-state index is 12.4. The van der Waals surface area contributed by atoms with Crippen LogP contribution in [0.2, 0.25) is 5.02 Å². The monoisotopic (exact) mass is 421 g/mol. The molecule has 2 aromatic carbocycles. The quantitative estimate of drug-likeness (QED) is 0.478. The summed E-state index contributed by atoms with van der Waals surface area (Å²) < 4.78 is 7.43. The molecule has 2 aromatic heterocycles. The summed E-state index contributed by atoms with van der Waals surface area (Å²) in [5.41, 5.74) is 2.81. The van der Waals surface area contributed by atoms with Gasteiger partial charge in [-0.25, -0.2) is 14.6 Å². The molecule has 0 saturated heterocycles. The van der Waals surface area contributed by atoms with Gasteiger partial charge in [-0.2, -0.15) is 5.10 Å². The summed E-state index contributed by atoms with van der Waals surface area (Å²) in [4.78, 5) is 20.6. The Balaban J connectivity index is 1.30. The van der Waals surface area contributed by atoms with E-state index in [1.54, 1.807) is 29.3 Å². The number of carbonyl (C=O) groups is 1. The van der Waals surface area contributed by atoms with E-state index in [9.17, 15) is 4.79 Å². The van der Waals surface area contributed by atoms with Crippen LogP contribution in [0.5, 0.6) is 0 Å². The summed E-state index contributed by atoms with van der Waals surface area (Å²) >= 11 is 5.91. The first kappa shape index (κ1) is 19.8. The van der Waals surface area contributed by atoms with Gasteiger partial charge >= 0.3 is 0 Å². The Kier molecular flexibility index (Phi) is 5.90. The molecular weight excluding hydrogens is 402 g/mol. The van der Waals surface area contributed by atoms with Crippen LogP contribution in [0, 0.1) is 0 Å². The first-order chi connectivity index (χ1) is 14.6. The highest BCUT2D eigenvalue weighted by atomic mass is 35.5. The molecule has 1 N–H and O–H groups in total. The number of carbonyl (C=O) groups excluding carboxylic acids is 1. The van der Waals surface area contributed by atoms with Crippen molar-refractivity contribution < 1.29 is 9.21 Å². The lowest BCUT2D eigenvalue weighted by atomic mass is 10.1. The zero-order valence-corrected chi connectivity index (χ0v) is 17.1. The number of nitrogens with one attached hydrogen (secondary N) is 1. The number of aryl methyl sites for hydroxylation is 1. The van der Waals surface area contributed by atoms with Crippen LogP contribution in [-0.4, -0.2) is 25.7 Å². The SMILES string of the molecule is CC(NC(=O)CCc1ncc(-c2ccc(Cl)cc2)o1)c1ccc(-n2cncn2)cc1. The van der Waals surface area contributed by atoms with Crippen molar-refractivity contribution in [3.05, 3.63) is 83.9 Å². The molecule has 1 unspecified atom stereocenters. The summed E-state index contributed by atoms with van der Waals surface area (Å²) in [5.74, 6) is 1.12. The zero-order chi connectivity index (χ0) is 20.9. The van der Waals surface area contributed by atoms with E-state index in [1.165, 1.54) is 6.33 Å². The summed E-state index contributed by atoms with van der Waals surface area (Å²) in [7, 11) is 0. The van der Waals surface area contributed by atoms with Crippen LogP contribution in [-0.2, 0) is 11.2 Å². The van der Waals surface area contributed by atoms with Gasteiger partial charge < -0.3 is 9.73 Å². The second kappa shape index (κ2) is 8.92. The van der Waals surface area contributed by atoms with Gasteiger partial charge in [0.1, 0.15) is 12.7 Å². The molecule has 7 nitrogen and oxygen atoms in total. The number of amides is 1. The normalized spacial score (nSPS) is 11.9. The fourth-order valence-corrected chi connectivity index (χ4v) is 3.17. The number of rotatable bonds is 7. The Bertz CT molecular complexity index is 1110. The lowest BCUT2D eigenvalue weighted by molar-refractivity contribution is -0.121. The minimum Gasteiger partial charge on any atom is -0.441 e. The molecule has 0 saturated carbocycles. The summed E-state index contributed by atoms with van der Waals surface area (Å²) in [6.07, 6.45) is 5.51. The van der Waals surface area contributed by atoms with Crippen molar-refractivity contribution in [2.24, 2.45) is 0 Å². The van der Waals surface area contributed by atoms with Gasteiger partial charge in [0.05, 0.1) is 17.9 Å². The number of oxazole rings is 1. The summed E-state index contributed by atoms with van der Waals surface area (Å²) in [6, 6.07) is 15.0. The standard InChI is InChI=1S/C22H20ClN5O2/c1-15(16-4-8-19(9-5-16)28-14-24-13-26-28)27-21(29)10-11-22-25-12-20(30-22)17-2-6-18(23)7-3-17/h2-9,12-15H,10-11H2,1H3,(H,27,29). The van der Waals surface area contributed by atoms with Gasteiger partial charge in [-0.1, -0.05) is 23.7 Å². The van der Waals surface area contributed by atoms with Crippen LogP contribution in [0.3, 0.4) is 0 Å². The highest BCUT2D eigenvalue weighted by molar-refractivity contribution is 6.30. The van der Waals surface area contributed by atoms with Gasteiger partial charge in [0.2, 0.25) is 5.91 Å². The van der Waals surface area contributed by atoms with Gasteiger partial charge in [0.25, 0.3) is 0 Å². The fraction of sp³-hybridized carbons (Fsp3) is 0.182. The third-order valence-electron chi connectivity index (χ3n) is 4.70. The van der Waals surface area contributed by atoms with Crippen LogP contribution in [0.25, 0.3) is 17.0 Å². The maximum Gasteiger partial charge on any atom is 0.220 e. The van der Waals surface area contributed by atoms with E-state index in [2.05, 4.69) is 20.4 Å². The number of benzene rings is 2. The molecule has 0 radical (unpaired) electrons. The van der Waals surface area contributed by atoms with Crippen LogP contribution in [0.1, 0.15) is 30.8 Å². The van der Waals surface area contributed by atoms with E-state index < -0.39 is 0 Å². The molecule has 4 aromatic rings. The number of halogens is 1. The molecule has 1 amide bonds. The lowest BCUT2D eigenvalue weighted by Gasteiger charge is -2.14. The number of nitrogens with zero attached hydrogens (tertiary/aromatic N) is 4. The Morgan fingerprint density at radius 2 is 1.93 bits per heavy atom. The van der Waals surface area contributed by atoms with Crippen molar-refractivity contribution in [3.8, 4) is 17.0 Å². The van der Waals surface area contributed by atoms with Crippen molar-refractivity contribution in [1.82, 2.24) is 25.1 Å². The minimum absolute atomic E-state index is 0.0610. The van der Waals surface area contributed by atoms with Crippen molar-refractivity contribution in [3.63, 3.8) is 0 Å². The van der Waals surface area contributed by atoms with E-state index in [0.29, 0.717) is 29.5 Å². The smallest absolute Gasteiger partial charge is 0.220 e. The number of hydrogen-bond donors (Lipinski definition) is 1. The average Bonchev–Trinajstić information content (AvgIpc) is 3.45. The third kappa shape index (κ3) is 4.75. The molecule has 4 rings (SSSR count). The molecule has 152 valence electrons. The molecule has 1 atom stereocenters. The van der Waals surface area contributed by atoms with E-state index in [-0.39, 0.29) is 11.9 Å². The second-order valence-corrected chi connectivity index (χ2v) is 7.28. The van der Waals surface area contributed by atoms with E-state index in [0.717, 1.165) is 16.8 Å². The van der Waals surface area contributed by atoms with Crippen molar-refractivity contribution in [1.29, 1.82) is 0 Å². The van der Waals surface area contributed by atoms with Gasteiger partial charge in [-0.15, -0.1) is 0 Å². The van der Waals surface area contributed by atoms with Crippen LogP contribution in [0.4, 0.5) is 0 Å². The van der Waals surface area contributed by atoms with Crippen LogP contribution < -0.4 is 5.32 Å². The zero-order valence-electron chi connectivity index (χ0n) is 16.3. The topological polar surface area (TPSA) is 85.8 Å². The molecule has 30 heavy (non-hydrogen) atoms. The maximum atomic E-state index is 12.4. The molecular formula is C22H20ClN5O2. The van der Waals surface area contributed by atoms with Crippen molar-refractivity contribution in [2.45, 2.75) is 25.8 Å². The Morgan fingerprint density at radius 1 is 1.17 bits per heavy atom. The first-order valence-electron chi connectivity index (χ1n) is 9.53. The van der Waals surface area contributed by atoms with E-state index >= 15 is 0 Å². The average molecular weight is 422 g/mol. The van der Waals surface area contributed by atoms with Crippen molar-refractivity contribution >= 4 is 17.5 Å². The summed E-state index contributed by atoms with van der Waals surface area (Å²) in [6.45, 7) is 1.95. The highest BCUT2D eigenvalue weighted by Gasteiger charge is 2.12. The number of aromatic nitrogens is 4. The molecule has 8 heteroatoms. The fourth-order valence-electron chi connectivity index (χ4n) is 3.05. The predicted molar refractivity (Wildman–Crippen MR) is 113 cm³/mol. The minimum atomic E-state index is -0.114. The molecule has 0 aliphatic rings. The van der Waals surface area contributed by atoms with Gasteiger partial charge in [0, 0.05) is 23.4 Å². The van der Waals surface area contributed by atoms with Gasteiger partial charge in [0.15, 0.2) is 11.7 Å². The Hall–Kier alpha value is -3.45. The van der Waals surface area contributed by atoms with Crippen molar-refractivity contribution in [2.75, 3.05) is 0 Å². The van der Waals surface area contributed by atoms with Crippen LogP contribution in [0.15, 0.2) is 71.8 Å². The first-order valence-corrected chi connectivity index (χ1v) is 9.91. The molecule has 0 aliphatic carbocycles. The number of hydrogen-bond acceptors (Lipinski definition) is 5. The molecule has 2 heterocycles. The van der Waals surface area contributed by atoms with Crippen LogP contribution >= 0.6 is 11.6 Å². The van der Waals surface area contributed by atoms with E-state index in [1.807, 2.05) is 43.3 Å². The molecule has 0 bridgehead atoms. The second-order valence-electron chi connectivity index (χ2n) is 6.85. The van der Waals surface area contributed by atoms with E-state index in [4.69, 9.17) is 16.0 Å². The summed E-state index contributed by atoms with van der Waals surface area (Å²) in [5, 5.41) is 7.77. The highest BCUT2D eigenvalue weighted by Crippen LogP contribution is 2.23.